The molecule has 0 amide bonds. The van der Waals surface area contributed by atoms with E-state index >= 15 is 0 Å². The Morgan fingerprint density at radius 2 is 2.12 bits per heavy atom. The second-order valence-corrected chi connectivity index (χ2v) is 5.93. The quantitative estimate of drug-likeness (QED) is 0.716. The molecular weight excluding hydrogens is 228 g/mol. The summed E-state index contributed by atoms with van der Waals surface area (Å²) in [5.41, 5.74) is 1.43. The zero-order chi connectivity index (χ0) is 12.7. The fourth-order valence-corrected chi connectivity index (χ4v) is 2.49. The average molecular weight is 254 g/mol. The Morgan fingerprint density at radius 3 is 2.71 bits per heavy atom. The van der Waals surface area contributed by atoms with E-state index < -0.39 is 0 Å². The van der Waals surface area contributed by atoms with Gasteiger partial charge in [0, 0.05) is 18.6 Å². The molecule has 0 bridgehead atoms. The molecule has 1 heterocycles. The summed E-state index contributed by atoms with van der Waals surface area (Å²) in [6, 6.07) is 3.48. The highest BCUT2D eigenvalue weighted by Crippen LogP contribution is 2.12. The Hall–Kier alpha value is -0.380. The van der Waals surface area contributed by atoms with Gasteiger partial charge in [-0.15, -0.1) is 0 Å². The first kappa shape index (κ1) is 14.7. The topological polar surface area (TPSA) is 15.3 Å². The summed E-state index contributed by atoms with van der Waals surface area (Å²) in [6.45, 7) is 8.93. The van der Waals surface area contributed by atoms with E-state index in [1.165, 1.54) is 18.4 Å². The molecule has 1 N–H and O–H groups in total. The maximum Gasteiger partial charge on any atom is 0.0241 e. The third-order valence-electron chi connectivity index (χ3n) is 3.12. The second-order valence-electron chi connectivity index (χ2n) is 5.15. The molecule has 0 aliphatic carbocycles. The van der Waals surface area contributed by atoms with Crippen LogP contribution >= 0.6 is 11.3 Å². The minimum absolute atomic E-state index is 0.605. The number of nitrogens with zero attached hydrogens (tertiary/aromatic N) is 1. The Labute approximate surface area is 110 Å². The van der Waals surface area contributed by atoms with Crippen molar-refractivity contribution in [1.29, 1.82) is 0 Å². The molecule has 0 saturated heterocycles. The van der Waals surface area contributed by atoms with Crippen molar-refractivity contribution in [2.24, 2.45) is 0 Å². The highest BCUT2D eigenvalue weighted by molar-refractivity contribution is 7.07. The van der Waals surface area contributed by atoms with E-state index in [0.29, 0.717) is 12.1 Å². The number of nitrogens with one attached hydrogen (secondary N) is 1. The standard InChI is InChI=1S/C14H26N2S/c1-12(2)15-8-5-6-13(3)16(4)10-14-7-9-17-11-14/h7,9,11-13,15H,5-6,8,10H2,1-4H3. The van der Waals surface area contributed by atoms with E-state index in [9.17, 15) is 0 Å². The van der Waals surface area contributed by atoms with Gasteiger partial charge < -0.3 is 5.32 Å². The lowest BCUT2D eigenvalue weighted by molar-refractivity contribution is 0.234. The maximum atomic E-state index is 3.47. The van der Waals surface area contributed by atoms with Crippen molar-refractivity contribution in [2.75, 3.05) is 13.6 Å². The van der Waals surface area contributed by atoms with Gasteiger partial charge in [-0.25, -0.2) is 0 Å². The van der Waals surface area contributed by atoms with Gasteiger partial charge in [-0.05, 0) is 55.7 Å². The van der Waals surface area contributed by atoms with Crippen molar-refractivity contribution in [3.63, 3.8) is 0 Å². The van der Waals surface area contributed by atoms with Gasteiger partial charge in [-0.1, -0.05) is 13.8 Å². The van der Waals surface area contributed by atoms with E-state index in [1.54, 1.807) is 11.3 Å². The van der Waals surface area contributed by atoms with Gasteiger partial charge in [0.15, 0.2) is 0 Å². The summed E-state index contributed by atoms with van der Waals surface area (Å²) in [5, 5.41) is 7.86. The molecule has 0 aromatic carbocycles. The van der Waals surface area contributed by atoms with Gasteiger partial charge in [0.25, 0.3) is 0 Å². The summed E-state index contributed by atoms with van der Waals surface area (Å²) in [5.74, 6) is 0. The van der Waals surface area contributed by atoms with Crippen LogP contribution in [0.25, 0.3) is 0 Å². The van der Waals surface area contributed by atoms with Crippen LogP contribution in [-0.4, -0.2) is 30.6 Å². The molecule has 1 rings (SSSR count). The molecule has 0 spiro atoms. The van der Waals surface area contributed by atoms with Crippen LogP contribution in [0.3, 0.4) is 0 Å². The first-order valence-electron chi connectivity index (χ1n) is 6.54. The molecule has 1 aromatic rings. The fraction of sp³-hybridized carbons (Fsp3) is 0.714. The molecule has 0 saturated carbocycles. The number of hydrogen-bond acceptors (Lipinski definition) is 3. The lowest BCUT2D eigenvalue weighted by Gasteiger charge is -2.24. The van der Waals surface area contributed by atoms with E-state index in [0.717, 1.165) is 13.1 Å². The Kier molecular flexibility index (Phi) is 6.78. The van der Waals surface area contributed by atoms with Gasteiger partial charge in [0.1, 0.15) is 0 Å². The second kappa shape index (κ2) is 7.85. The first-order valence-corrected chi connectivity index (χ1v) is 7.48. The summed E-state index contributed by atoms with van der Waals surface area (Å²) in [7, 11) is 2.22. The lowest BCUT2D eigenvalue weighted by Crippen LogP contribution is -2.30. The molecule has 17 heavy (non-hydrogen) atoms. The van der Waals surface area contributed by atoms with Gasteiger partial charge in [-0.3, -0.25) is 4.90 Å². The van der Waals surface area contributed by atoms with Gasteiger partial charge in [0.05, 0.1) is 0 Å². The summed E-state index contributed by atoms with van der Waals surface area (Å²) >= 11 is 1.78. The lowest BCUT2D eigenvalue weighted by atomic mass is 10.1. The van der Waals surface area contributed by atoms with Crippen LogP contribution in [0.5, 0.6) is 0 Å². The molecule has 98 valence electrons. The highest BCUT2D eigenvalue weighted by atomic mass is 32.1. The van der Waals surface area contributed by atoms with E-state index in [4.69, 9.17) is 0 Å². The van der Waals surface area contributed by atoms with Crippen LogP contribution in [0.2, 0.25) is 0 Å². The zero-order valence-corrected chi connectivity index (χ0v) is 12.4. The van der Waals surface area contributed by atoms with Crippen molar-refractivity contribution < 1.29 is 0 Å². The molecular formula is C14H26N2S. The maximum absolute atomic E-state index is 3.47. The Balaban J connectivity index is 2.16. The van der Waals surface area contributed by atoms with E-state index in [1.807, 2.05) is 0 Å². The highest BCUT2D eigenvalue weighted by Gasteiger charge is 2.09. The molecule has 1 atom stereocenters. The average Bonchev–Trinajstić information content (AvgIpc) is 2.76. The summed E-state index contributed by atoms with van der Waals surface area (Å²) in [6.07, 6.45) is 2.52. The molecule has 0 radical (unpaired) electrons. The van der Waals surface area contributed by atoms with Crippen LogP contribution < -0.4 is 5.32 Å². The smallest absolute Gasteiger partial charge is 0.0241 e. The number of hydrogen-bond donors (Lipinski definition) is 1. The molecule has 3 heteroatoms. The molecule has 0 aliphatic rings. The van der Waals surface area contributed by atoms with Crippen molar-refractivity contribution >= 4 is 11.3 Å². The minimum atomic E-state index is 0.605. The molecule has 0 aliphatic heterocycles. The van der Waals surface area contributed by atoms with Crippen LogP contribution in [0.1, 0.15) is 39.2 Å². The molecule has 2 nitrogen and oxygen atoms in total. The normalized spacial score (nSPS) is 13.5. The largest absolute Gasteiger partial charge is 0.315 e. The van der Waals surface area contributed by atoms with Gasteiger partial charge >= 0.3 is 0 Å². The zero-order valence-electron chi connectivity index (χ0n) is 11.6. The summed E-state index contributed by atoms with van der Waals surface area (Å²) in [4.78, 5) is 2.44. The number of thiophene rings is 1. The van der Waals surface area contributed by atoms with Gasteiger partial charge in [-0.2, -0.15) is 11.3 Å². The van der Waals surface area contributed by atoms with Crippen LogP contribution in [0, 0.1) is 0 Å². The van der Waals surface area contributed by atoms with Crippen LogP contribution in [0.4, 0.5) is 0 Å². The van der Waals surface area contributed by atoms with Crippen LogP contribution in [0.15, 0.2) is 16.8 Å². The summed E-state index contributed by atoms with van der Waals surface area (Å²) < 4.78 is 0. The monoisotopic (exact) mass is 254 g/mol. The van der Waals surface area contributed by atoms with E-state index in [-0.39, 0.29) is 0 Å². The predicted octanol–water partition coefficient (Wildman–Crippen LogP) is 3.35. The number of rotatable bonds is 8. The van der Waals surface area contributed by atoms with Crippen molar-refractivity contribution in [3.05, 3.63) is 22.4 Å². The molecule has 1 unspecified atom stereocenters. The Bertz CT molecular complexity index is 282. The Morgan fingerprint density at radius 1 is 1.35 bits per heavy atom. The predicted molar refractivity (Wildman–Crippen MR) is 77.6 cm³/mol. The molecule has 1 aromatic heterocycles. The van der Waals surface area contributed by atoms with E-state index in [2.05, 4.69) is 54.9 Å². The van der Waals surface area contributed by atoms with Crippen LogP contribution in [-0.2, 0) is 6.54 Å². The van der Waals surface area contributed by atoms with Crippen molar-refractivity contribution in [2.45, 2.75) is 52.2 Å². The third kappa shape index (κ3) is 6.20. The fourth-order valence-electron chi connectivity index (χ4n) is 1.84. The van der Waals surface area contributed by atoms with Gasteiger partial charge in [0.2, 0.25) is 0 Å². The van der Waals surface area contributed by atoms with Crippen molar-refractivity contribution in [1.82, 2.24) is 10.2 Å². The first-order chi connectivity index (χ1) is 8.09. The molecule has 0 fully saturated rings. The minimum Gasteiger partial charge on any atom is -0.315 e. The SMILES string of the molecule is CC(C)NCCCC(C)N(C)Cc1ccsc1. The van der Waals surface area contributed by atoms with Crippen molar-refractivity contribution in [3.8, 4) is 0 Å². The third-order valence-corrected chi connectivity index (χ3v) is 3.85.